The lowest BCUT2D eigenvalue weighted by Gasteiger charge is -2.32. The molecule has 1 heterocycles. The van der Waals surface area contributed by atoms with E-state index in [-0.39, 0.29) is 5.75 Å². The Morgan fingerprint density at radius 1 is 1.12 bits per heavy atom. The van der Waals surface area contributed by atoms with Crippen LogP contribution in [-0.4, -0.2) is 70.1 Å². The van der Waals surface area contributed by atoms with Crippen LogP contribution in [0.3, 0.4) is 0 Å². The smallest absolute Gasteiger partial charge is 0.191 e. The first kappa shape index (κ1) is 22.2. The van der Waals surface area contributed by atoms with Gasteiger partial charge in [-0.3, -0.25) is 9.89 Å². The highest BCUT2D eigenvalue weighted by atomic mass is 32.2. The maximum atomic E-state index is 11.2. The predicted octanol–water partition coefficient (Wildman–Crippen LogP) is 1.88. The number of likely N-dealkylation sites (tertiary alicyclic amines) is 1. The molecular weight excluding hydrogens is 336 g/mol. The second-order valence-corrected chi connectivity index (χ2v) is 9.65. The van der Waals surface area contributed by atoms with Gasteiger partial charge in [0.15, 0.2) is 5.96 Å². The predicted molar refractivity (Wildman–Crippen MR) is 107 cm³/mol. The molecule has 0 radical (unpaired) electrons. The Kier molecular flexibility index (Phi) is 10.4. The number of guanidine groups is 1. The maximum absolute atomic E-state index is 11.2. The molecule has 1 rings (SSSR count). The third kappa shape index (κ3) is 10.0. The van der Waals surface area contributed by atoms with Crippen LogP contribution in [0.1, 0.15) is 52.9 Å². The third-order valence-electron chi connectivity index (χ3n) is 4.64. The number of aliphatic imine (C=N–C) groups is 1. The third-order valence-corrected chi connectivity index (χ3v) is 5.67. The largest absolute Gasteiger partial charge is 0.357 e. The lowest BCUT2D eigenvalue weighted by molar-refractivity contribution is 0.166. The fourth-order valence-corrected chi connectivity index (χ4v) is 3.91. The van der Waals surface area contributed by atoms with Gasteiger partial charge in [0.2, 0.25) is 0 Å². The van der Waals surface area contributed by atoms with Gasteiger partial charge in [0, 0.05) is 25.4 Å². The molecule has 0 bridgehead atoms. The molecule has 148 valence electrons. The number of sulfone groups is 1. The molecule has 1 aliphatic rings. The first-order chi connectivity index (χ1) is 11.8. The Labute approximate surface area is 154 Å². The van der Waals surface area contributed by atoms with E-state index in [1.54, 1.807) is 0 Å². The van der Waals surface area contributed by atoms with Crippen molar-refractivity contribution in [1.82, 2.24) is 15.5 Å². The highest BCUT2D eigenvalue weighted by molar-refractivity contribution is 7.90. The summed E-state index contributed by atoms with van der Waals surface area (Å²) in [4.78, 5) is 7.38. The van der Waals surface area contributed by atoms with Gasteiger partial charge in [0.05, 0.1) is 12.3 Å². The van der Waals surface area contributed by atoms with E-state index >= 15 is 0 Å². The van der Waals surface area contributed by atoms with Crippen molar-refractivity contribution in [3.8, 4) is 0 Å². The average molecular weight is 375 g/mol. The van der Waals surface area contributed by atoms with Crippen molar-refractivity contribution in [3.05, 3.63) is 0 Å². The number of nitrogens with one attached hydrogen (secondary N) is 2. The molecule has 1 saturated heterocycles. The highest BCUT2D eigenvalue weighted by Crippen LogP contribution is 2.17. The Balaban J connectivity index is 2.58. The van der Waals surface area contributed by atoms with Gasteiger partial charge in [-0.2, -0.15) is 0 Å². The zero-order valence-electron chi connectivity index (χ0n) is 16.6. The van der Waals surface area contributed by atoms with Gasteiger partial charge in [-0.05, 0) is 45.2 Å². The van der Waals surface area contributed by atoms with Crippen LogP contribution in [0, 0.1) is 5.92 Å². The summed E-state index contributed by atoms with van der Waals surface area (Å²) < 4.78 is 22.4. The second kappa shape index (κ2) is 11.7. The maximum Gasteiger partial charge on any atom is 0.191 e. The topological polar surface area (TPSA) is 73.8 Å². The van der Waals surface area contributed by atoms with Gasteiger partial charge in [-0.25, -0.2) is 8.42 Å². The number of nitrogens with zero attached hydrogens (tertiary/aromatic N) is 2. The van der Waals surface area contributed by atoms with Gasteiger partial charge in [0.25, 0.3) is 0 Å². The van der Waals surface area contributed by atoms with E-state index in [1.807, 2.05) is 6.92 Å². The molecule has 7 heteroatoms. The Morgan fingerprint density at radius 3 is 2.28 bits per heavy atom. The van der Waals surface area contributed by atoms with E-state index in [9.17, 15) is 8.42 Å². The van der Waals surface area contributed by atoms with E-state index in [1.165, 1.54) is 45.0 Å². The fraction of sp³-hybridized carbons (Fsp3) is 0.944. The zero-order chi connectivity index (χ0) is 18.7. The summed E-state index contributed by atoms with van der Waals surface area (Å²) in [6.45, 7) is 11.1. The molecule has 1 unspecified atom stereocenters. The number of rotatable bonds is 9. The van der Waals surface area contributed by atoms with Gasteiger partial charge >= 0.3 is 0 Å². The summed E-state index contributed by atoms with van der Waals surface area (Å²) in [6, 6.07) is 0.463. The van der Waals surface area contributed by atoms with Crippen molar-refractivity contribution in [3.63, 3.8) is 0 Å². The van der Waals surface area contributed by atoms with E-state index in [0.717, 1.165) is 19.0 Å². The van der Waals surface area contributed by atoms with Crippen molar-refractivity contribution < 1.29 is 8.42 Å². The van der Waals surface area contributed by atoms with E-state index in [4.69, 9.17) is 4.99 Å². The van der Waals surface area contributed by atoms with Gasteiger partial charge < -0.3 is 10.6 Å². The zero-order valence-corrected chi connectivity index (χ0v) is 17.4. The number of hydrogen-bond donors (Lipinski definition) is 2. The Hall–Kier alpha value is -0.820. The first-order valence-electron chi connectivity index (χ1n) is 9.77. The summed E-state index contributed by atoms with van der Waals surface area (Å²) in [5.74, 6) is 1.56. The molecule has 2 N–H and O–H groups in total. The van der Waals surface area contributed by atoms with Gasteiger partial charge in [0.1, 0.15) is 9.84 Å². The Bertz CT molecular complexity index is 483. The molecule has 0 aromatic rings. The lowest BCUT2D eigenvalue weighted by atomic mass is 10.0. The van der Waals surface area contributed by atoms with Crippen molar-refractivity contribution in [2.75, 3.05) is 44.7 Å². The van der Waals surface area contributed by atoms with Gasteiger partial charge in [-0.1, -0.05) is 26.7 Å². The minimum Gasteiger partial charge on any atom is -0.357 e. The van der Waals surface area contributed by atoms with Crippen molar-refractivity contribution in [1.29, 1.82) is 0 Å². The molecule has 0 aromatic heterocycles. The summed E-state index contributed by atoms with van der Waals surface area (Å²) in [7, 11) is -2.90. The summed E-state index contributed by atoms with van der Waals surface area (Å²) in [6.07, 6.45) is 7.14. The molecule has 6 nitrogen and oxygen atoms in total. The van der Waals surface area contributed by atoms with Crippen LogP contribution < -0.4 is 10.6 Å². The SMILES string of the molecule is CCNC(=NCC(C(C)C)N1CCCCCC1)NCCCS(C)(=O)=O. The quantitative estimate of drug-likeness (QED) is 0.366. The summed E-state index contributed by atoms with van der Waals surface area (Å²) in [5, 5.41) is 6.52. The highest BCUT2D eigenvalue weighted by Gasteiger charge is 2.22. The fourth-order valence-electron chi connectivity index (χ4n) is 3.24. The molecule has 0 spiro atoms. The molecule has 1 fully saturated rings. The van der Waals surface area contributed by atoms with Gasteiger partial charge in [-0.15, -0.1) is 0 Å². The van der Waals surface area contributed by atoms with Crippen LogP contribution >= 0.6 is 0 Å². The number of hydrogen-bond acceptors (Lipinski definition) is 4. The van der Waals surface area contributed by atoms with Crippen LogP contribution in [0.2, 0.25) is 0 Å². The molecule has 0 aromatic carbocycles. The molecule has 0 amide bonds. The van der Waals surface area contributed by atoms with Crippen molar-refractivity contribution in [2.45, 2.75) is 58.9 Å². The van der Waals surface area contributed by atoms with Crippen LogP contribution in [0.25, 0.3) is 0 Å². The Morgan fingerprint density at radius 2 is 1.76 bits per heavy atom. The normalized spacial score (nSPS) is 18.8. The summed E-state index contributed by atoms with van der Waals surface area (Å²) in [5.41, 5.74) is 0. The van der Waals surface area contributed by atoms with Crippen molar-refractivity contribution >= 4 is 15.8 Å². The lowest BCUT2D eigenvalue weighted by Crippen LogP contribution is -2.44. The minimum atomic E-state index is -2.90. The van der Waals surface area contributed by atoms with E-state index < -0.39 is 9.84 Å². The average Bonchev–Trinajstić information content (AvgIpc) is 2.79. The second-order valence-electron chi connectivity index (χ2n) is 7.39. The molecule has 1 aliphatic heterocycles. The van der Waals surface area contributed by atoms with Crippen LogP contribution in [0.4, 0.5) is 0 Å². The molecule has 25 heavy (non-hydrogen) atoms. The summed E-state index contributed by atoms with van der Waals surface area (Å²) >= 11 is 0. The van der Waals surface area contributed by atoms with Crippen LogP contribution in [0.5, 0.6) is 0 Å². The monoisotopic (exact) mass is 374 g/mol. The molecule has 0 aliphatic carbocycles. The standard InChI is InChI=1S/C18H38N4O2S/c1-5-19-18(20-11-10-14-25(4,23)24)21-15-17(16(2)3)22-12-8-6-7-9-13-22/h16-17H,5-15H2,1-4H3,(H2,19,20,21). The van der Waals surface area contributed by atoms with Crippen molar-refractivity contribution in [2.24, 2.45) is 10.9 Å². The first-order valence-corrected chi connectivity index (χ1v) is 11.8. The molecule has 0 saturated carbocycles. The molecule has 1 atom stereocenters. The van der Waals surface area contributed by atoms with E-state index in [2.05, 4.69) is 29.4 Å². The minimum absolute atomic E-state index is 0.210. The van der Waals surface area contributed by atoms with Crippen LogP contribution in [0.15, 0.2) is 4.99 Å². The van der Waals surface area contributed by atoms with E-state index in [0.29, 0.717) is 24.9 Å². The van der Waals surface area contributed by atoms with Crippen LogP contribution in [-0.2, 0) is 9.84 Å². The molecular formula is C18H38N4O2S.